The molecular formula is C13H18N2O2. The minimum Gasteiger partial charge on any atom is -0.480 e. The van der Waals surface area contributed by atoms with Crippen LogP contribution in [-0.2, 0) is 10.2 Å². The standard InChI is InChI=1S/C13H18N2O2/c1-13(7-10(14)12(16)17)8-15(2)11-6-4-3-5-9(11)13/h3-6,10H,7-8,14H2,1-2H3,(H,16,17)/t10-,13?/m0/s1. The summed E-state index contributed by atoms with van der Waals surface area (Å²) in [5.74, 6) is -0.932. The first-order chi connectivity index (χ1) is 7.94. The van der Waals surface area contributed by atoms with E-state index in [1.807, 2.05) is 19.2 Å². The summed E-state index contributed by atoms with van der Waals surface area (Å²) >= 11 is 0. The first kappa shape index (κ1) is 11.9. The molecule has 0 fully saturated rings. The Morgan fingerprint density at radius 2 is 2.24 bits per heavy atom. The molecule has 2 atom stereocenters. The number of fused-ring (bicyclic) bond motifs is 1. The van der Waals surface area contributed by atoms with E-state index in [1.165, 1.54) is 11.3 Å². The van der Waals surface area contributed by atoms with Crippen molar-refractivity contribution in [3.05, 3.63) is 29.8 Å². The summed E-state index contributed by atoms with van der Waals surface area (Å²) in [5, 5.41) is 8.93. The fraction of sp³-hybridized carbons (Fsp3) is 0.462. The maximum atomic E-state index is 10.9. The maximum absolute atomic E-state index is 10.9. The fourth-order valence-corrected chi connectivity index (χ4v) is 2.76. The summed E-state index contributed by atoms with van der Waals surface area (Å²) < 4.78 is 0. The van der Waals surface area contributed by atoms with Gasteiger partial charge in [-0.15, -0.1) is 0 Å². The number of carboxylic acids is 1. The van der Waals surface area contributed by atoms with Crippen molar-refractivity contribution >= 4 is 11.7 Å². The van der Waals surface area contributed by atoms with Crippen molar-refractivity contribution in [2.24, 2.45) is 5.73 Å². The monoisotopic (exact) mass is 234 g/mol. The van der Waals surface area contributed by atoms with E-state index in [4.69, 9.17) is 10.8 Å². The molecule has 0 aliphatic carbocycles. The van der Waals surface area contributed by atoms with E-state index in [0.29, 0.717) is 6.42 Å². The molecule has 0 aromatic heterocycles. The molecule has 4 nitrogen and oxygen atoms in total. The van der Waals surface area contributed by atoms with Gasteiger partial charge in [0.2, 0.25) is 0 Å². The molecule has 0 bridgehead atoms. The third-order valence-electron chi connectivity index (χ3n) is 3.54. The van der Waals surface area contributed by atoms with Crippen molar-refractivity contribution in [2.75, 3.05) is 18.5 Å². The highest BCUT2D eigenvalue weighted by Crippen LogP contribution is 2.42. The van der Waals surface area contributed by atoms with Gasteiger partial charge in [0.25, 0.3) is 0 Å². The number of para-hydroxylation sites is 1. The molecule has 0 saturated carbocycles. The zero-order chi connectivity index (χ0) is 12.6. The van der Waals surface area contributed by atoms with Gasteiger partial charge in [0, 0.05) is 24.7 Å². The van der Waals surface area contributed by atoms with Gasteiger partial charge in [-0.1, -0.05) is 25.1 Å². The molecule has 1 heterocycles. The third kappa shape index (κ3) is 2.00. The molecule has 1 aromatic rings. The second-order valence-corrected chi connectivity index (χ2v) is 5.08. The average Bonchev–Trinajstić information content (AvgIpc) is 2.52. The largest absolute Gasteiger partial charge is 0.480 e. The van der Waals surface area contributed by atoms with Crippen LogP contribution >= 0.6 is 0 Å². The van der Waals surface area contributed by atoms with Gasteiger partial charge >= 0.3 is 5.97 Å². The molecular weight excluding hydrogens is 216 g/mol. The zero-order valence-electron chi connectivity index (χ0n) is 10.2. The smallest absolute Gasteiger partial charge is 0.320 e. The maximum Gasteiger partial charge on any atom is 0.320 e. The summed E-state index contributed by atoms with van der Waals surface area (Å²) in [7, 11) is 2.02. The summed E-state index contributed by atoms with van der Waals surface area (Å²) in [4.78, 5) is 13.0. The van der Waals surface area contributed by atoms with E-state index >= 15 is 0 Å². The molecule has 0 spiro atoms. The Kier molecular flexibility index (Phi) is 2.83. The molecule has 17 heavy (non-hydrogen) atoms. The zero-order valence-corrected chi connectivity index (χ0v) is 10.2. The highest BCUT2D eigenvalue weighted by atomic mass is 16.4. The molecule has 3 N–H and O–H groups in total. The molecule has 4 heteroatoms. The van der Waals surface area contributed by atoms with Crippen LogP contribution in [0.4, 0.5) is 5.69 Å². The number of rotatable bonds is 3. The van der Waals surface area contributed by atoms with Crippen LogP contribution in [-0.4, -0.2) is 30.7 Å². The van der Waals surface area contributed by atoms with E-state index in [1.54, 1.807) is 0 Å². The number of carboxylic acid groups (broad SMARTS) is 1. The van der Waals surface area contributed by atoms with Crippen LogP contribution in [0.1, 0.15) is 18.9 Å². The summed E-state index contributed by atoms with van der Waals surface area (Å²) in [6.45, 7) is 2.89. The summed E-state index contributed by atoms with van der Waals surface area (Å²) in [5.41, 5.74) is 7.86. The predicted octanol–water partition coefficient (Wildman–Crippen LogP) is 1.20. The van der Waals surface area contributed by atoms with E-state index < -0.39 is 12.0 Å². The molecule has 1 aliphatic heterocycles. The van der Waals surface area contributed by atoms with Crippen LogP contribution in [0.3, 0.4) is 0 Å². The fourth-order valence-electron chi connectivity index (χ4n) is 2.76. The van der Waals surface area contributed by atoms with Gasteiger partial charge in [0.15, 0.2) is 0 Å². The first-order valence-corrected chi connectivity index (χ1v) is 5.73. The lowest BCUT2D eigenvalue weighted by Gasteiger charge is -2.27. The lowest BCUT2D eigenvalue weighted by Crippen LogP contribution is -2.40. The number of nitrogens with zero attached hydrogens (tertiary/aromatic N) is 1. The predicted molar refractivity (Wildman–Crippen MR) is 67.3 cm³/mol. The van der Waals surface area contributed by atoms with E-state index in [-0.39, 0.29) is 5.41 Å². The molecule has 2 rings (SSSR count). The lowest BCUT2D eigenvalue weighted by molar-refractivity contribution is -0.139. The molecule has 1 aliphatic rings. The third-order valence-corrected chi connectivity index (χ3v) is 3.54. The molecule has 0 saturated heterocycles. The quantitative estimate of drug-likeness (QED) is 0.824. The van der Waals surface area contributed by atoms with Gasteiger partial charge in [-0.25, -0.2) is 0 Å². The normalized spacial score (nSPS) is 24.5. The molecule has 92 valence electrons. The van der Waals surface area contributed by atoms with Crippen LogP contribution in [0.2, 0.25) is 0 Å². The topological polar surface area (TPSA) is 66.6 Å². The van der Waals surface area contributed by atoms with Crippen LogP contribution < -0.4 is 10.6 Å². The van der Waals surface area contributed by atoms with Gasteiger partial charge in [0.1, 0.15) is 6.04 Å². The highest BCUT2D eigenvalue weighted by molar-refractivity contribution is 5.74. The Bertz CT molecular complexity index is 447. The number of carbonyl (C=O) groups is 1. The van der Waals surface area contributed by atoms with E-state index in [9.17, 15) is 4.79 Å². The summed E-state index contributed by atoms with van der Waals surface area (Å²) in [6, 6.07) is 7.31. The SMILES string of the molecule is CN1CC(C)(C[C@H](N)C(=O)O)c2ccccc21. The molecule has 1 aromatic carbocycles. The van der Waals surface area contributed by atoms with Crippen molar-refractivity contribution in [3.63, 3.8) is 0 Å². The Balaban J connectivity index is 2.31. The van der Waals surface area contributed by atoms with Crippen molar-refractivity contribution in [1.29, 1.82) is 0 Å². The molecule has 0 radical (unpaired) electrons. The van der Waals surface area contributed by atoms with Crippen molar-refractivity contribution in [3.8, 4) is 0 Å². The van der Waals surface area contributed by atoms with Gasteiger partial charge < -0.3 is 15.7 Å². The lowest BCUT2D eigenvalue weighted by atomic mass is 9.79. The van der Waals surface area contributed by atoms with Gasteiger partial charge in [-0.2, -0.15) is 0 Å². The number of nitrogens with two attached hydrogens (primary N) is 1. The van der Waals surface area contributed by atoms with Crippen molar-refractivity contribution < 1.29 is 9.90 Å². The van der Waals surface area contributed by atoms with Crippen LogP contribution in [0.15, 0.2) is 24.3 Å². The average molecular weight is 234 g/mol. The highest BCUT2D eigenvalue weighted by Gasteiger charge is 2.39. The second kappa shape index (κ2) is 4.04. The number of hydrogen-bond donors (Lipinski definition) is 2. The summed E-state index contributed by atoms with van der Waals surface area (Å²) in [6.07, 6.45) is 0.462. The van der Waals surface area contributed by atoms with E-state index in [0.717, 1.165) is 6.54 Å². The van der Waals surface area contributed by atoms with E-state index in [2.05, 4.69) is 24.0 Å². The van der Waals surface area contributed by atoms with Crippen molar-refractivity contribution in [2.45, 2.75) is 24.8 Å². The minimum atomic E-state index is -0.932. The number of likely N-dealkylation sites (N-methyl/N-ethyl adjacent to an activating group) is 1. The van der Waals surface area contributed by atoms with Gasteiger partial charge in [-0.05, 0) is 18.1 Å². The Morgan fingerprint density at radius 1 is 1.59 bits per heavy atom. The Labute approximate surface area is 101 Å². The van der Waals surface area contributed by atoms with Crippen LogP contribution in [0.5, 0.6) is 0 Å². The molecule has 1 unspecified atom stereocenters. The van der Waals surface area contributed by atoms with Gasteiger partial charge in [-0.3, -0.25) is 4.79 Å². The van der Waals surface area contributed by atoms with Crippen LogP contribution in [0.25, 0.3) is 0 Å². The van der Waals surface area contributed by atoms with Crippen molar-refractivity contribution in [1.82, 2.24) is 0 Å². The number of anilines is 1. The Morgan fingerprint density at radius 3 is 2.88 bits per heavy atom. The number of benzene rings is 1. The first-order valence-electron chi connectivity index (χ1n) is 5.73. The Hall–Kier alpha value is -1.55. The van der Waals surface area contributed by atoms with Gasteiger partial charge in [0.05, 0.1) is 0 Å². The second-order valence-electron chi connectivity index (χ2n) is 5.08. The van der Waals surface area contributed by atoms with Crippen LogP contribution in [0, 0.1) is 0 Å². The minimum absolute atomic E-state index is 0.177. The molecule has 0 amide bonds. The number of hydrogen-bond acceptors (Lipinski definition) is 3. The number of aliphatic carboxylic acids is 1.